The van der Waals surface area contributed by atoms with Crippen molar-refractivity contribution in [1.29, 1.82) is 0 Å². The topological polar surface area (TPSA) is 38.8 Å². The molecule has 0 spiro atoms. The quantitative estimate of drug-likeness (QED) is 0.838. The molecule has 1 aliphatic heterocycles. The van der Waals surface area contributed by atoms with Gasteiger partial charge in [-0.25, -0.2) is 4.39 Å². The molecule has 6 heteroatoms. The molecule has 1 aliphatic carbocycles. The third-order valence-electron chi connectivity index (χ3n) is 4.26. The zero-order chi connectivity index (χ0) is 16.7. The molecule has 1 saturated carbocycles. The number of benzene rings is 2. The van der Waals surface area contributed by atoms with Gasteiger partial charge < -0.3 is 14.4 Å². The van der Waals surface area contributed by atoms with Crippen molar-refractivity contribution in [3.05, 3.63) is 58.4 Å². The van der Waals surface area contributed by atoms with Crippen molar-refractivity contribution < 1.29 is 18.7 Å². The van der Waals surface area contributed by atoms with Crippen molar-refractivity contribution in [2.75, 3.05) is 6.79 Å². The summed E-state index contributed by atoms with van der Waals surface area (Å²) in [6, 6.07) is 9.77. The first-order valence-corrected chi connectivity index (χ1v) is 8.15. The molecule has 2 aromatic carbocycles. The number of hydrogen-bond acceptors (Lipinski definition) is 3. The molecule has 1 amide bonds. The lowest BCUT2D eigenvalue weighted by atomic mass is 10.1. The van der Waals surface area contributed by atoms with E-state index in [1.807, 2.05) is 0 Å². The molecule has 0 N–H and O–H groups in total. The van der Waals surface area contributed by atoms with E-state index >= 15 is 0 Å². The second kappa shape index (κ2) is 5.98. The van der Waals surface area contributed by atoms with Gasteiger partial charge in [-0.05, 0) is 43.2 Å². The van der Waals surface area contributed by atoms with Crippen LogP contribution in [-0.2, 0) is 6.54 Å². The van der Waals surface area contributed by atoms with Crippen molar-refractivity contribution in [3.63, 3.8) is 0 Å². The highest BCUT2D eigenvalue weighted by atomic mass is 35.5. The molecule has 4 rings (SSSR count). The first-order chi connectivity index (χ1) is 11.6. The highest BCUT2D eigenvalue weighted by Gasteiger charge is 2.34. The summed E-state index contributed by atoms with van der Waals surface area (Å²) in [5.74, 6) is 0.629. The predicted octanol–water partition coefficient (Wildman–Crippen LogP) is 4.01. The van der Waals surface area contributed by atoms with E-state index in [4.69, 9.17) is 21.1 Å². The Morgan fingerprint density at radius 2 is 2.00 bits per heavy atom. The predicted molar refractivity (Wildman–Crippen MR) is 86.9 cm³/mol. The Balaban J connectivity index is 1.62. The number of ether oxygens (including phenoxy) is 2. The Morgan fingerprint density at radius 3 is 2.75 bits per heavy atom. The first kappa shape index (κ1) is 15.3. The van der Waals surface area contributed by atoms with Crippen molar-refractivity contribution >= 4 is 17.5 Å². The number of halogens is 2. The number of fused-ring (bicyclic) bond motifs is 1. The Labute approximate surface area is 143 Å². The Morgan fingerprint density at radius 1 is 1.21 bits per heavy atom. The van der Waals surface area contributed by atoms with Gasteiger partial charge in [-0.2, -0.15) is 0 Å². The van der Waals surface area contributed by atoms with E-state index in [9.17, 15) is 9.18 Å². The van der Waals surface area contributed by atoms with E-state index in [0.29, 0.717) is 27.6 Å². The number of carbonyl (C=O) groups excluding carboxylic acids is 1. The summed E-state index contributed by atoms with van der Waals surface area (Å²) in [5, 5.41) is 0.333. The van der Waals surface area contributed by atoms with Gasteiger partial charge in [0.1, 0.15) is 5.82 Å². The molecule has 124 valence electrons. The summed E-state index contributed by atoms with van der Waals surface area (Å²) < 4.78 is 24.7. The standard InChI is InChI=1S/C18H15ClFNO3/c19-14-2-1-3-15(20)13(14)9-21(12-5-6-12)18(22)11-4-7-16-17(8-11)24-10-23-16/h1-4,7-8,12H,5-6,9-10H2. The van der Waals surface area contributed by atoms with E-state index in [1.54, 1.807) is 35.2 Å². The second-order valence-corrected chi connectivity index (χ2v) is 6.34. The molecule has 0 bridgehead atoms. The third-order valence-corrected chi connectivity index (χ3v) is 4.61. The summed E-state index contributed by atoms with van der Waals surface area (Å²) in [5.41, 5.74) is 0.846. The van der Waals surface area contributed by atoms with Crippen molar-refractivity contribution in [2.45, 2.75) is 25.4 Å². The molecule has 0 aromatic heterocycles. The lowest BCUT2D eigenvalue weighted by Gasteiger charge is -2.23. The molecule has 1 heterocycles. The van der Waals surface area contributed by atoms with Crippen LogP contribution in [0.15, 0.2) is 36.4 Å². The molecule has 0 saturated heterocycles. The highest BCUT2D eigenvalue weighted by molar-refractivity contribution is 6.31. The fraction of sp³-hybridized carbons (Fsp3) is 0.278. The smallest absolute Gasteiger partial charge is 0.254 e. The number of nitrogens with zero attached hydrogens (tertiary/aromatic N) is 1. The molecule has 2 aromatic rings. The zero-order valence-corrected chi connectivity index (χ0v) is 13.6. The Hall–Kier alpha value is -2.27. The number of hydrogen-bond donors (Lipinski definition) is 0. The van der Waals surface area contributed by atoms with Crippen LogP contribution in [0.4, 0.5) is 4.39 Å². The van der Waals surface area contributed by atoms with Gasteiger partial charge in [-0.15, -0.1) is 0 Å². The monoisotopic (exact) mass is 347 g/mol. The zero-order valence-electron chi connectivity index (χ0n) is 12.8. The van der Waals surface area contributed by atoms with Gasteiger partial charge in [0.15, 0.2) is 11.5 Å². The van der Waals surface area contributed by atoms with E-state index in [0.717, 1.165) is 12.8 Å². The first-order valence-electron chi connectivity index (χ1n) is 7.77. The van der Waals surface area contributed by atoms with E-state index < -0.39 is 5.82 Å². The van der Waals surface area contributed by atoms with Crippen molar-refractivity contribution in [2.24, 2.45) is 0 Å². The molecule has 2 aliphatic rings. The summed E-state index contributed by atoms with van der Waals surface area (Å²) in [6.45, 7) is 0.313. The van der Waals surface area contributed by atoms with Gasteiger partial charge in [0.2, 0.25) is 6.79 Å². The van der Waals surface area contributed by atoms with Gasteiger partial charge in [0, 0.05) is 22.2 Å². The Kier molecular flexibility index (Phi) is 3.81. The second-order valence-electron chi connectivity index (χ2n) is 5.93. The lowest BCUT2D eigenvalue weighted by Crippen LogP contribution is -2.33. The van der Waals surface area contributed by atoms with E-state index in [1.165, 1.54) is 6.07 Å². The van der Waals surface area contributed by atoms with Crippen LogP contribution in [0.2, 0.25) is 5.02 Å². The summed E-state index contributed by atoms with van der Waals surface area (Å²) in [7, 11) is 0. The number of amides is 1. The molecule has 24 heavy (non-hydrogen) atoms. The SMILES string of the molecule is O=C(c1ccc2c(c1)OCO2)N(Cc1c(F)cccc1Cl)C1CC1. The average Bonchev–Trinajstić information content (AvgIpc) is 3.30. The lowest BCUT2D eigenvalue weighted by molar-refractivity contribution is 0.0728. The van der Waals surface area contributed by atoms with Crippen LogP contribution < -0.4 is 9.47 Å². The highest BCUT2D eigenvalue weighted by Crippen LogP contribution is 2.35. The maximum absolute atomic E-state index is 14.1. The number of carbonyl (C=O) groups is 1. The van der Waals surface area contributed by atoms with Crippen molar-refractivity contribution in [3.8, 4) is 11.5 Å². The number of rotatable bonds is 4. The minimum absolute atomic E-state index is 0.124. The van der Waals surface area contributed by atoms with Crippen LogP contribution in [0, 0.1) is 5.82 Å². The van der Waals surface area contributed by atoms with Crippen LogP contribution in [0.1, 0.15) is 28.8 Å². The normalized spacial score (nSPS) is 15.4. The summed E-state index contributed by atoms with van der Waals surface area (Å²) in [6.07, 6.45) is 1.84. The minimum atomic E-state index is -0.397. The van der Waals surface area contributed by atoms with Gasteiger partial charge >= 0.3 is 0 Å². The third kappa shape index (κ3) is 2.80. The fourth-order valence-electron chi connectivity index (χ4n) is 2.80. The van der Waals surface area contributed by atoms with E-state index in [-0.39, 0.29) is 25.3 Å². The Bertz CT molecular complexity index is 787. The summed E-state index contributed by atoms with van der Waals surface area (Å²) >= 11 is 6.11. The van der Waals surface area contributed by atoms with Crippen LogP contribution >= 0.6 is 11.6 Å². The molecule has 4 nitrogen and oxygen atoms in total. The van der Waals surface area contributed by atoms with Crippen molar-refractivity contribution in [1.82, 2.24) is 4.90 Å². The van der Waals surface area contributed by atoms with Crippen LogP contribution in [-0.4, -0.2) is 23.6 Å². The van der Waals surface area contributed by atoms with Gasteiger partial charge in [-0.3, -0.25) is 4.79 Å². The van der Waals surface area contributed by atoms with Gasteiger partial charge in [0.05, 0.1) is 6.54 Å². The largest absolute Gasteiger partial charge is 0.454 e. The minimum Gasteiger partial charge on any atom is -0.454 e. The molecule has 0 radical (unpaired) electrons. The molecule has 0 unspecified atom stereocenters. The van der Waals surface area contributed by atoms with Crippen LogP contribution in [0.3, 0.4) is 0 Å². The maximum Gasteiger partial charge on any atom is 0.254 e. The molecular weight excluding hydrogens is 333 g/mol. The average molecular weight is 348 g/mol. The van der Waals surface area contributed by atoms with E-state index in [2.05, 4.69) is 0 Å². The van der Waals surface area contributed by atoms with Gasteiger partial charge in [-0.1, -0.05) is 17.7 Å². The van der Waals surface area contributed by atoms with Crippen LogP contribution in [0.25, 0.3) is 0 Å². The molecule has 0 atom stereocenters. The molecular formula is C18H15ClFNO3. The van der Waals surface area contributed by atoms with Crippen LogP contribution in [0.5, 0.6) is 11.5 Å². The molecule has 1 fully saturated rings. The fourth-order valence-corrected chi connectivity index (χ4v) is 3.02. The maximum atomic E-state index is 14.1. The summed E-state index contributed by atoms with van der Waals surface area (Å²) in [4.78, 5) is 14.6. The van der Waals surface area contributed by atoms with Gasteiger partial charge in [0.25, 0.3) is 5.91 Å².